The van der Waals surface area contributed by atoms with Crippen LogP contribution in [-0.2, 0) is 28.5 Å². The van der Waals surface area contributed by atoms with Crippen molar-refractivity contribution in [3.63, 3.8) is 0 Å². The Balaban J connectivity index is 1.15. The van der Waals surface area contributed by atoms with Crippen molar-refractivity contribution in [3.8, 4) is 16.9 Å². The lowest BCUT2D eigenvalue weighted by Crippen LogP contribution is -2.57. The second-order valence-corrected chi connectivity index (χ2v) is 9.93. The second-order valence-electron chi connectivity index (χ2n) is 9.93. The number of aliphatic hydroxyl groups excluding tert-OH is 3. The van der Waals surface area contributed by atoms with Crippen LogP contribution in [0.5, 0.6) is 5.75 Å². The van der Waals surface area contributed by atoms with Gasteiger partial charge in [0.2, 0.25) is 5.91 Å². The van der Waals surface area contributed by atoms with Crippen molar-refractivity contribution in [3.05, 3.63) is 54.1 Å². The average Bonchev–Trinajstić information content (AvgIpc) is 3.02. The molecule has 6 N–H and O–H groups in total. The van der Waals surface area contributed by atoms with E-state index in [4.69, 9.17) is 28.8 Å². The molecule has 1 unspecified atom stereocenters. The van der Waals surface area contributed by atoms with Gasteiger partial charge in [-0.2, -0.15) is 0 Å². The molecule has 1 aliphatic rings. The number of hydrogen-bond donors (Lipinski definition) is 6. The molecular formula is C30H40N2O12. The summed E-state index contributed by atoms with van der Waals surface area (Å²) >= 11 is 0. The molecule has 14 heteroatoms. The van der Waals surface area contributed by atoms with Crippen LogP contribution in [0, 0.1) is 0 Å². The normalized spacial score (nSPS) is 21.4. The molecule has 0 spiro atoms. The molecule has 0 saturated carbocycles. The highest BCUT2D eigenvalue weighted by Crippen LogP contribution is 2.24. The van der Waals surface area contributed by atoms with Crippen LogP contribution in [0.3, 0.4) is 0 Å². The van der Waals surface area contributed by atoms with Crippen molar-refractivity contribution >= 4 is 17.8 Å². The minimum absolute atomic E-state index is 0.0851. The fourth-order valence-corrected chi connectivity index (χ4v) is 4.13. The molecule has 14 nitrogen and oxygen atoms in total. The van der Waals surface area contributed by atoms with E-state index in [1.54, 1.807) is 43.3 Å². The monoisotopic (exact) mass is 620 g/mol. The summed E-state index contributed by atoms with van der Waals surface area (Å²) in [7, 11) is 0. The summed E-state index contributed by atoms with van der Waals surface area (Å²) in [5, 5.41) is 43.8. The van der Waals surface area contributed by atoms with Crippen LogP contribution in [0.15, 0.2) is 48.5 Å². The van der Waals surface area contributed by atoms with Gasteiger partial charge in [0.05, 0.1) is 44.7 Å². The first-order chi connectivity index (χ1) is 21.2. The highest BCUT2D eigenvalue weighted by molar-refractivity contribution is 5.89. The van der Waals surface area contributed by atoms with E-state index in [9.17, 15) is 29.7 Å². The van der Waals surface area contributed by atoms with E-state index in [0.29, 0.717) is 5.75 Å². The molecule has 1 aliphatic heterocycles. The van der Waals surface area contributed by atoms with Gasteiger partial charge in [0.25, 0.3) is 5.91 Å². The maximum atomic E-state index is 12.0. The first-order valence-corrected chi connectivity index (χ1v) is 14.2. The summed E-state index contributed by atoms with van der Waals surface area (Å²) < 4.78 is 26.9. The van der Waals surface area contributed by atoms with Gasteiger partial charge in [0, 0.05) is 19.5 Å². The number of carboxylic acids is 1. The number of aliphatic hydroxyl groups is 3. The fraction of sp³-hybridized carbons (Fsp3) is 0.500. The number of ether oxygens (including phenoxy) is 5. The lowest BCUT2D eigenvalue weighted by molar-refractivity contribution is -0.294. The van der Waals surface area contributed by atoms with Crippen molar-refractivity contribution in [2.45, 2.75) is 44.1 Å². The van der Waals surface area contributed by atoms with Gasteiger partial charge < -0.3 is 54.7 Å². The van der Waals surface area contributed by atoms with Crippen LogP contribution >= 0.6 is 0 Å². The lowest BCUT2D eigenvalue weighted by Gasteiger charge is -2.38. The quantitative estimate of drug-likeness (QED) is 0.121. The number of rotatable bonds is 18. The Hall–Kier alpha value is -3.63. The van der Waals surface area contributed by atoms with Crippen LogP contribution in [0.4, 0.5) is 0 Å². The summed E-state index contributed by atoms with van der Waals surface area (Å²) in [4.78, 5) is 35.1. The van der Waals surface area contributed by atoms with Crippen LogP contribution in [0.1, 0.15) is 23.7 Å². The lowest BCUT2D eigenvalue weighted by atomic mass is 10.0. The summed E-state index contributed by atoms with van der Waals surface area (Å²) in [6, 6.07) is 13.6. The molecule has 242 valence electrons. The Labute approximate surface area is 254 Å². The third kappa shape index (κ3) is 11.5. The number of amides is 2. The molecule has 0 aliphatic carbocycles. The van der Waals surface area contributed by atoms with Gasteiger partial charge in [0.1, 0.15) is 24.1 Å². The van der Waals surface area contributed by atoms with Gasteiger partial charge in [-0.15, -0.1) is 0 Å². The third-order valence-electron chi connectivity index (χ3n) is 6.60. The number of carboxylic acid groups (broad SMARTS) is 1. The predicted molar refractivity (Wildman–Crippen MR) is 155 cm³/mol. The molecule has 2 aromatic carbocycles. The first kappa shape index (κ1) is 34.9. The van der Waals surface area contributed by atoms with Crippen molar-refractivity contribution in [1.82, 2.24) is 10.6 Å². The zero-order valence-electron chi connectivity index (χ0n) is 24.4. The van der Waals surface area contributed by atoms with Gasteiger partial charge >= 0.3 is 5.97 Å². The molecule has 0 radical (unpaired) electrons. The maximum Gasteiger partial charge on any atom is 0.335 e. The molecule has 1 fully saturated rings. The SMILES string of the molecule is CC1O[C@@H](OCCOCCNC(=O)CCOCCNC(=O)COc2ccc(-c3cccc(C(=O)O)c3)cc2)[C@H](O)[C@H](O)[C@H]1O. The number of benzene rings is 2. The number of aromatic carboxylic acids is 1. The Morgan fingerprint density at radius 3 is 2.18 bits per heavy atom. The van der Waals surface area contributed by atoms with Crippen molar-refractivity contribution in [1.29, 1.82) is 0 Å². The summed E-state index contributed by atoms with van der Waals surface area (Å²) in [6.07, 6.45) is -5.55. The van der Waals surface area contributed by atoms with Gasteiger partial charge in [-0.05, 0) is 42.3 Å². The van der Waals surface area contributed by atoms with E-state index in [2.05, 4.69) is 10.6 Å². The van der Waals surface area contributed by atoms with Crippen LogP contribution < -0.4 is 15.4 Å². The minimum atomic E-state index is -1.37. The average molecular weight is 621 g/mol. The summed E-state index contributed by atoms with van der Waals surface area (Å²) in [5.74, 6) is -1.06. The first-order valence-electron chi connectivity index (χ1n) is 14.2. The molecule has 2 amide bonds. The Bertz CT molecular complexity index is 1190. The Morgan fingerprint density at radius 2 is 1.48 bits per heavy atom. The molecule has 1 heterocycles. The summed E-state index contributed by atoms with van der Waals surface area (Å²) in [6.45, 7) is 2.80. The van der Waals surface area contributed by atoms with Crippen molar-refractivity contribution < 1.29 is 58.5 Å². The Kier molecular flexibility index (Phi) is 14.5. The van der Waals surface area contributed by atoms with Crippen molar-refractivity contribution in [2.75, 3.05) is 52.7 Å². The molecule has 3 rings (SSSR count). The number of carbonyl (C=O) groups excluding carboxylic acids is 2. The standard InChI is InChI=1S/C30H40N2O12/c1-19-26(35)27(36)28(37)30(44-19)42-16-15-41-14-10-31-24(33)9-12-40-13-11-32-25(34)18-43-23-7-5-20(6-8-23)21-3-2-4-22(17-21)29(38)39/h2-8,17,19,26-28,30,35-37H,9-16,18H2,1H3,(H,31,33)(H,32,34)(H,38,39)/t19?,26-,27+,28+,30+/m0/s1. The molecular weight excluding hydrogens is 580 g/mol. The van der Waals surface area contributed by atoms with E-state index >= 15 is 0 Å². The minimum Gasteiger partial charge on any atom is -0.484 e. The van der Waals surface area contributed by atoms with E-state index in [0.717, 1.165) is 11.1 Å². The smallest absolute Gasteiger partial charge is 0.335 e. The maximum absolute atomic E-state index is 12.0. The summed E-state index contributed by atoms with van der Waals surface area (Å²) in [5.41, 5.74) is 1.77. The van der Waals surface area contributed by atoms with Crippen LogP contribution in [0.2, 0.25) is 0 Å². The van der Waals surface area contributed by atoms with Gasteiger partial charge in [0.15, 0.2) is 12.9 Å². The molecule has 2 aromatic rings. The molecule has 0 aromatic heterocycles. The number of hydrogen-bond acceptors (Lipinski definition) is 11. The van der Waals surface area contributed by atoms with E-state index in [1.807, 2.05) is 6.07 Å². The number of carbonyl (C=O) groups is 3. The van der Waals surface area contributed by atoms with Crippen LogP contribution in [-0.4, -0.2) is 122 Å². The van der Waals surface area contributed by atoms with E-state index in [-0.39, 0.29) is 76.5 Å². The predicted octanol–water partition coefficient (Wildman–Crippen LogP) is -0.0696. The molecule has 5 atom stereocenters. The number of nitrogens with one attached hydrogen (secondary N) is 2. The second kappa shape index (κ2) is 18.2. The van der Waals surface area contributed by atoms with E-state index < -0.39 is 36.7 Å². The van der Waals surface area contributed by atoms with Gasteiger partial charge in [-0.1, -0.05) is 24.3 Å². The van der Waals surface area contributed by atoms with Crippen LogP contribution in [0.25, 0.3) is 11.1 Å². The topological polar surface area (TPSA) is 202 Å². The largest absolute Gasteiger partial charge is 0.484 e. The van der Waals surface area contributed by atoms with Gasteiger partial charge in [-0.3, -0.25) is 9.59 Å². The fourth-order valence-electron chi connectivity index (χ4n) is 4.13. The van der Waals surface area contributed by atoms with Gasteiger partial charge in [-0.25, -0.2) is 4.79 Å². The molecule has 1 saturated heterocycles. The third-order valence-corrected chi connectivity index (χ3v) is 6.60. The molecule has 44 heavy (non-hydrogen) atoms. The Morgan fingerprint density at radius 1 is 0.795 bits per heavy atom. The van der Waals surface area contributed by atoms with Crippen molar-refractivity contribution in [2.24, 2.45) is 0 Å². The van der Waals surface area contributed by atoms with E-state index in [1.165, 1.54) is 6.07 Å². The zero-order chi connectivity index (χ0) is 31.9. The zero-order valence-corrected chi connectivity index (χ0v) is 24.4. The highest BCUT2D eigenvalue weighted by Gasteiger charge is 2.42. The highest BCUT2D eigenvalue weighted by atomic mass is 16.7. The molecule has 0 bridgehead atoms.